The number of amides is 2. The summed E-state index contributed by atoms with van der Waals surface area (Å²) in [6.07, 6.45) is -1.18. The minimum absolute atomic E-state index is 0.293. The zero-order valence-corrected chi connectivity index (χ0v) is 14.8. The van der Waals surface area contributed by atoms with Crippen LogP contribution in [-0.4, -0.2) is 71.3 Å². The Kier molecular flexibility index (Phi) is 4.74. The fourth-order valence-electron chi connectivity index (χ4n) is 3.10. The van der Waals surface area contributed by atoms with Crippen molar-refractivity contribution in [1.29, 1.82) is 0 Å². The Morgan fingerprint density at radius 3 is 2.54 bits per heavy atom. The average Bonchev–Trinajstić information content (AvgIpc) is 2.97. The molecule has 2 N–H and O–H groups in total. The van der Waals surface area contributed by atoms with Gasteiger partial charge in [-0.3, -0.25) is 29.8 Å². The quantitative estimate of drug-likeness (QED) is 0.426. The van der Waals surface area contributed by atoms with Crippen LogP contribution >= 0.6 is 0 Å². The molecule has 2 fully saturated rings. The van der Waals surface area contributed by atoms with E-state index in [0.717, 1.165) is 17.0 Å². The second-order valence-electron chi connectivity index (χ2n) is 5.99. The second kappa shape index (κ2) is 6.77. The number of hydrogen-bond donors (Lipinski definition) is 1. The van der Waals surface area contributed by atoms with Crippen LogP contribution in [0.4, 0.5) is 11.4 Å². The maximum atomic E-state index is 13.0. The van der Waals surface area contributed by atoms with Gasteiger partial charge in [0.15, 0.2) is 4.90 Å². The van der Waals surface area contributed by atoms with E-state index in [0.29, 0.717) is 10.4 Å². The van der Waals surface area contributed by atoms with Gasteiger partial charge in [-0.25, -0.2) is 8.42 Å². The van der Waals surface area contributed by atoms with E-state index in [1.165, 1.54) is 0 Å². The molecule has 1 aromatic carbocycles. The smallest absolute Gasteiger partial charge is 0.296 e. The molecule has 0 unspecified atom stereocenters. The van der Waals surface area contributed by atoms with Gasteiger partial charge in [0.05, 0.1) is 35.6 Å². The van der Waals surface area contributed by atoms with E-state index < -0.39 is 66.8 Å². The zero-order valence-electron chi connectivity index (χ0n) is 14.0. The SMILES string of the molecule is NC(=O)CN1C[C@@H]2OC[C@@H](C1=O)N2S(=O)(=O)c1ccc([N+](=O)[O-])cc1[N+](=O)[O-]. The van der Waals surface area contributed by atoms with E-state index in [-0.39, 0.29) is 13.2 Å². The Hall–Kier alpha value is -3.17. The monoisotopic (exact) mass is 415 g/mol. The lowest BCUT2D eigenvalue weighted by molar-refractivity contribution is -0.396. The van der Waals surface area contributed by atoms with Crippen LogP contribution in [0.1, 0.15) is 0 Å². The molecule has 0 radical (unpaired) electrons. The molecule has 2 aliphatic rings. The first-order chi connectivity index (χ1) is 13.0. The van der Waals surface area contributed by atoms with Gasteiger partial charge in [0.2, 0.25) is 11.8 Å². The summed E-state index contributed by atoms with van der Waals surface area (Å²) in [6, 6.07) is 0.748. The van der Waals surface area contributed by atoms with Crippen molar-refractivity contribution in [2.45, 2.75) is 17.2 Å². The molecule has 1 aromatic rings. The molecule has 2 amide bonds. The second-order valence-corrected chi connectivity index (χ2v) is 7.80. The van der Waals surface area contributed by atoms with Gasteiger partial charge in [0.1, 0.15) is 12.3 Å². The number of hydrogen-bond acceptors (Lipinski definition) is 9. The molecular formula is C13H13N5O9S. The van der Waals surface area contributed by atoms with Gasteiger partial charge < -0.3 is 15.4 Å². The number of ether oxygens (including phenoxy) is 1. The molecule has 0 aliphatic carbocycles. The summed E-state index contributed by atoms with van der Waals surface area (Å²) < 4.78 is 32.1. The summed E-state index contributed by atoms with van der Waals surface area (Å²) in [4.78, 5) is 44.0. The molecule has 15 heteroatoms. The molecule has 150 valence electrons. The largest absolute Gasteiger partial charge is 0.368 e. The van der Waals surface area contributed by atoms with Crippen LogP contribution < -0.4 is 5.73 Å². The van der Waals surface area contributed by atoms with Crippen LogP contribution in [0.5, 0.6) is 0 Å². The van der Waals surface area contributed by atoms with Gasteiger partial charge in [-0.15, -0.1) is 0 Å². The molecule has 2 aliphatic heterocycles. The molecule has 2 bridgehead atoms. The van der Waals surface area contributed by atoms with Crippen LogP contribution in [0.2, 0.25) is 0 Å². The molecule has 3 rings (SSSR count). The Labute approximate surface area is 156 Å². The van der Waals surface area contributed by atoms with Gasteiger partial charge >= 0.3 is 0 Å². The van der Waals surface area contributed by atoms with Crippen LogP contribution in [0, 0.1) is 20.2 Å². The minimum Gasteiger partial charge on any atom is -0.368 e. The Morgan fingerprint density at radius 1 is 1.29 bits per heavy atom. The third-order valence-corrected chi connectivity index (χ3v) is 6.21. The first-order valence-electron chi connectivity index (χ1n) is 7.69. The van der Waals surface area contributed by atoms with Gasteiger partial charge in [-0.05, 0) is 6.07 Å². The number of nitro groups is 2. The Bertz CT molecular complexity index is 994. The van der Waals surface area contributed by atoms with Crippen molar-refractivity contribution in [1.82, 2.24) is 9.21 Å². The third-order valence-electron chi connectivity index (χ3n) is 4.26. The maximum absolute atomic E-state index is 13.0. The predicted molar refractivity (Wildman–Crippen MR) is 88.1 cm³/mol. The van der Waals surface area contributed by atoms with Crippen LogP contribution in [0.3, 0.4) is 0 Å². The fraction of sp³-hybridized carbons (Fsp3) is 0.385. The van der Waals surface area contributed by atoms with E-state index in [1.54, 1.807) is 0 Å². The highest BCUT2D eigenvalue weighted by atomic mass is 32.2. The number of carbonyl (C=O) groups is 2. The van der Waals surface area contributed by atoms with Gasteiger partial charge in [-0.2, -0.15) is 4.31 Å². The highest BCUT2D eigenvalue weighted by molar-refractivity contribution is 7.89. The molecule has 2 atom stereocenters. The van der Waals surface area contributed by atoms with Crippen molar-refractivity contribution < 1.29 is 32.6 Å². The molecular weight excluding hydrogens is 402 g/mol. The topological polar surface area (TPSA) is 196 Å². The van der Waals surface area contributed by atoms with E-state index in [9.17, 15) is 38.2 Å². The van der Waals surface area contributed by atoms with Crippen LogP contribution in [0.15, 0.2) is 23.1 Å². The molecule has 0 saturated carbocycles. The van der Waals surface area contributed by atoms with Gasteiger partial charge in [-0.1, -0.05) is 0 Å². The lowest BCUT2D eigenvalue weighted by Gasteiger charge is -2.36. The van der Waals surface area contributed by atoms with Crippen molar-refractivity contribution in [3.8, 4) is 0 Å². The third kappa shape index (κ3) is 3.14. The number of nitrogens with zero attached hydrogens (tertiary/aromatic N) is 4. The lowest BCUT2D eigenvalue weighted by atomic mass is 10.2. The number of piperazine rings is 1. The van der Waals surface area contributed by atoms with Crippen molar-refractivity contribution in [2.75, 3.05) is 19.7 Å². The minimum atomic E-state index is -4.62. The molecule has 2 saturated heterocycles. The molecule has 0 spiro atoms. The standard InChI is InChI=1S/C13H13N5O9S/c14-11(19)4-15-5-12-16(9(6-27-12)13(15)20)28(25,26)10-2-1-7(17(21)22)3-8(10)18(23)24/h1-3,9,12H,4-6H2,(H2,14,19)/t9-,12-/m0/s1. The zero-order chi connectivity index (χ0) is 20.8. The molecule has 28 heavy (non-hydrogen) atoms. The van der Waals surface area contributed by atoms with E-state index in [4.69, 9.17) is 10.5 Å². The van der Waals surface area contributed by atoms with E-state index in [2.05, 4.69) is 0 Å². The number of benzene rings is 1. The highest BCUT2D eigenvalue weighted by Gasteiger charge is 2.54. The van der Waals surface area contributed by atoms with Crippen molar-refractivity contribution in [3.63, 3.8) is 0 Å². The summed E-state index contributed by atoms with van der Waals surface area (Å²) in [6.45, 7) is -1.03. The fourth-order valence-corrected chi connectivity index (χ4v) is 4.89. The van der Waals surface area contributed by atoms with Crippen LogP contribution in [0.25, 0.3) is 0 Å². The Morgan fingerprint density at radius 2 is 1.96 bits per heavy atom. The first kappa shape index (κ1) is 19.6. The summed E-state index contributed by atoms with van der Waals surface area (Å²) in [7, 11) is -4.62. The van der Waals surface area contributed by atoms with E-state index >= 15 is 0 Å². The molecule has 2 heterocycles. The van der Waals surface area contributed by atoms with Crippen molar-refractivity contribution >= 4 is 33.2 Å². The summed E-state index contributed by atoms with van der Waals surface area (Å²) >= 11 is 0. The van der Waals surface area contributed by atoms with Gasteiger partial charge in [0.25, 0.3) is 21.4 Å². The summed E-state index contributed by atoms with van der Waals surface area (Å²) in [5, 5.41) is 22.1. The highest BCUT2D eigenvalue weighted by Crippen LogP contribution is 2.36. The first-order valence-corrected chi connectivity index (χ1v) is 9.13. The molecule has 0 aromatic heterocycles. The number of fused-ring (bicyclic) bond motifs is 2. The number of carbonyl (C=O) groups excluding carboxylic acids is 2. The number of primary amides is 1. The summed E-state index contributed by atoms with van der Waals surface area (Å²) in [5.74, 6) is -1.53. The van der Waals surface area contributed by atoms with Crippen molar-refractivity contribution in [3.05, 3.63) is 38.4 Å². The van der Waals surface area contributed by atoms with E-state index in [1.807, 2.05) is 0 Å². The number of nitro benzene ring substituents is 2. The number of sulfonamides is 1. The van der Waals surface area contributed by atoms with Crippen molar-refractivity contribution in [2.24, 2.45) is 5.73 Å². The number of non-ortho nitro benzene ring substituents is 1. The predicted octanol–water partition coefficient (Wildman–Crippen LogP) is -1.45. The van der Waals surface area contributed by atoms with Gasteiger partial charge in [0, 0.05) is 6.07 Å². The normalized spacial score (nSPS) is 22.3. The van der Waals surface area contributed by atoms with Crippen LogP contribution in [-0.2, 0) is 24.3 Å². The maximum Gasteiger partial charge on any atom is 0.296 e. The number of rotatable bonds is 6. The summed E-state index contributed by atoms with van der Waals surface area (Å²) in [5.41, 5.74) is 3.41. The molecule has 14 nitrogen and oxygen atoms in total. The number of nitrogens with two attached hydrogens (primary N) is 1. The average molecular weight is 415 g/mol. The Balaban J connectivity index is 2.03. The lowest BCUT2D eigenvalue weighted by Crippen LogP contribution is -2.60.